The highest BCUT2D eigenvalue weighted by Crippen LogP contribution is 2.27. The standard InChI is InChI=1S/C23H23ClN2O3S/c1-16-13-20(24)9-11-22(16)25-23(27)19-7-4-12-26(15-19)30(28,29)21-10-8-17-5-2-3-6-18(17)14-21/h2-3,5-6,8-11,13-14,19H,4,7,12,15H2,1H3,(H,25,27)/t19-/m1/s1. The van der Waals surface area contributed by atoms with E-state index in [1.54, 1.807) is 30.3 Å². The molecular weight excluding hydrogens is 420 g/mol. The normalized spacial score (nSPS) is 17.7. The quantitative estimate of drug-likeness (QED) is 0.628. The van der Waals surface area contributed by atoms with E-state index in [9.17, 15) is 13.2 Å². The van der Waals surface area contributed by atoms with Gasteiger partial charge in [-0.1, -0.05) is 41.9 Å². The first kappa shape index (κ1) is 20.8. The van der Waals surface area contributed by atoms with Crippen molar-refractivity contribution in [1.29, 1.82) is 0 Å². The molecule has 0 radical (unpaired) electrons. The van der Waals surface area contributed by atoms with E-state index >= 15 is 0 Å². The zero-order valence-electron chi connectivity index (χ0n) is 16.6. The molecule has 3 aromatic rings. The first-order valence-electron chi connectivity index (χ1n) is 9.90. The average molecular weight is 443 g/mol. The second kappa shape index (κ2) is 8.38. The second-order valence-corrected chi connectivity index (χ2v) is 10.0. The fourth-order valence-corrected chi connectivity index (χ4v) is 5.64. The molecule has 1 aliphatic rings. The van der Waals surface area contributed by atoms with E-state index in [0.29, 0.717) is 30.1 Å². The number of piperidine rings is 1. The van der Waals surface area contributed by atoms with Gasteiger partial charge < -0.3 is 5.32 Å². The number of amides is 1. The van der Waals surface area contributed by atoms with E-state index in [0.717, 1.165) is 16.3 Å². The lowest BCUT2D eigenvalue weighted by molar-refractivity contribution is -0.120. The van der Waals surface area contributed by atoms with Crippen molar-refractivity contribution in [3.05, 3.63) is 71.2 Å². The lowest BCUT2D eigenvalue weighted by atomic mass is 9.98. The molecule has 1 heterocycles. The first-order valence-corrected chi connectivity index (χ1v) is 11.7. The van der Waals surface area contributed by atoms with Crippen LogP contribution in [0.3, 0.4) is 0 Å². The van der Waals surface area contributed by atoms with Crippen molar-refractivity contribution >= 4 is 44.0 Å². The third-order valence-electron chi connectivity index (χ3n) is 5.56. The molecule has 30 heavy (non-hydrogen) atoms. The van der Waals surface area contributed by atoms with E-state index in [2.05, 4.69) is 5.32 Å². The fraction of sp³-hybridized carbons (Fsp3) is 0.261. The van der Waals surface area contributed by atoms with Crippen molar-refractivity contribution in [1.82, 2.24) is 4.31 Å². The van der Waals surface area contributed by atoms with Gasteiger partial charge in [-0.05, 0) is 66.4 Å². The number of anilines is 1. The number of carbonyl (C=O) groups is 1. The second-order valence-electron chi connectivity index (χ2n) is 7.66. The molecule has 4 rings (SSSR count). The Morgan fingerprint density at radius 3 is 2.60 bits per heavy atom. The number of hydrogen-bond donors (Lipinski definition) is 1. The number of sulfonamides is 1. The smallest absolute Gasteiger partial charge is 0.243 e. The molecule has 1 saturated heterocycles. The Labute approximate surface area is 181 Å². The van der Waals surface area contributed by atoms with Gasteiger partial charge in [0.25, 0.3) is 0 Å². The summed E-state index contributed by atoms with van der Waals surface area (Å²) in [6, 6.07) is 18.1. The van der Waals surface area contributed by atoms with Crippen LogP contribution in [0.1, 0.15) is 18.4 Å². The zero-order valence-corrected chi connectivity index (χ0v) is 18.2. The van der Waals surface area contributed by atoms with Crippen LogP contribution in [-0.4, -0.2) is 31.7 Å². The maximum absolute atomic E-state index is 13.2. The summed E-state index contributed by atoms with van der Waals surface area (Å²) >= 11 is 5.98. The van der Waals surface area contributed by atoms with Crippen LogP contribution in [0.2, 0.25) is 5.02 Å². The molecular formula is C23H23ClN2O3S. The molecule has 5 nitrogen and oxygen atoms in total. The van der Waals surface area contributed by atoms with E-state index in [1.807, 2.05) is 37.3 Å². The van der Waals surface area contributed by atoms with E-state index < -0.39 is 15.9 Å². The molecule has 7 heteroatoms. The summed E-state index contributed by atoms with van der Waals surface area (Å²) in [4.78, 5) is 13.1. The molecule has 1 atom stereocenters. The molecule has 0 saturated carbocycles. The molecule has 0 bridgehead atoms. The lowest BCUT2D eigenvalue weighted by Gasteiger charge is -2.31. The van der Waals surface area contributed by atoms with Crippen LogP contribution < -0.4 is 5.32 Å². The number of hydrogen-bond acceptors (Lipinski definition) is 3. The van der Waals surface area contributed by atoms with Crippen LogP contribution in [0.5, 0.6) is 0 Å². The van der Waals surface area contributed by atoms with E-state index in [4.69, 9.17) is 11.6 Å². The number of nitrogens with zero attached hydrogens (tertiary/aromatic N) is 1. The van der Waals surface area contributed by atoms with Gasteiger partial charge in [-0.25, -0.2) is 8.42 Å². The third-order valence-corrected chi connectivity index (χ3v) is 7.66. The Balaban J connectivity index is 1.52. The van der Waals surface area contributed by atoms with Crippen LogP contribution in [0.25, 0.3) is 10.8 Å². The molecule has 1 amide bonds. The van der Waals surface area contributed by atoms with Gasteiger partial charge in [0.15, 0.2) is 0 Å². The largest absolute Gasteiger partial charge is 0.326 e. The van der Waals surface area contributed by atoms with Crippen molar-refractivity contribution in [3.8, 4) is 0 Å². The highest BCUT2D eigenvalue weighted by atomic mass is 35.5. The molecule has 156 valence electrons. The maximum atomic E-state index is 13.2. The Morgan fingerprint density at radius 1 is 1.07 bits per heavy atom. The van der Waals surface area contributed by atoms with Gasteiger partial charge in [0.1, 0.15) is 0 Å². The highest BCUT2D eigenvalue weighted by molar-refractivity contribution is 7.89. The molecule has 0 aliphatic carbocycles. The summed E-state index contributed by atoms with van der Waals surface area (Å²) in [5.74, 6) is -0.567. The van der Waals surface area contributed by atoms with Crippen molar-refractivity contribution in [3.63, 3.8) is 0 Å². The van der Waals surface area contributed by atoms with Crippen molar-refractivity contribution in [2.24, 2.45) is 5.92 Å². The molecule has 0 aromatic heterocycles. The summed E-state index contributed by atoms with van der Waals surface area (Å²) in [5, 5.41) is 5.40. The maximum Gasteiger partial charge on any atom is 0.243 e. The molecule has 3 aromatic carbocycles. The number of fused-ring (bicyclic) bond motifs is 1. The number of nitrogens with one attached hydrogen (secondary N) is 1. The summed E-state index contributed by atoms with van der Waals surface area (Å²) in [6.45, 7) is 2.46. The van der Waals surface area contributed by atoms with Crippen LogP contribution in [0, 0.1) is 12.8 Å². The minimum atomic E-state index is -3.67. The fourth-order valence-electron chi connectivity index (χ4n) is 3.85. The minimum absolute atomic E-state index is 0.168. The van der Waals surface area contributed by atoms with Crippen LogP contribution in [0.4, 0.5) is 5.69 Å². The first-order chi connectivity index (χ1) is 14.3. The SMILES string of the molecule is Cc1cc(Cl)ccc1NC(=O)[C@@H]1CCCN(S(=O)(=O)c2ccc3ccccc3c2)C1. The topological polar surface area (TPSA) is 66.5 Å². The van der Waals surface area contributed by atoms with Crippen LogP contribution in [-0.2, 0) is 14.8 Å². The number of carbonyl (C=O) groups excluding carboxylic acids is 1. The monoisotopic (exact) mass is 442 g/mol. The van der Waals surface area contributed by atoms with Gasteiger partial charge in [0, 0.05) is 23.8 Å². The van der Waals surface area contributed by atoms with Crippen LogP contribution in [0.15, 0.2) is 65.6 Å². The molecule has 0 unspecified atom stereocenters. The van der Waals surface area contributed by atoms with Gasteiger partial charge >= 0.3 is 0 Å². The third kappa shape index (κ3) is 4.21. The van der Waals surface area contributed by atoms with Gasteiger partial charge in [-0.3, -0.25) is 4.79 Å². The van der Waals surface area contributed by atoms with Gasteiger partial charge in [-0.15, -0.1) is 0 Å². The molecule has 1 fully saturated rings. The summed E-state index contributed by atoms with van der Waals surface area (Å²) in [5.41, 5.74) is 1.56. The number of aryl methyl sites for hydroxylation is 1. The van der Waals surface area contributed by atoms with E-state index in [-0.39, 0.29) is 17.3 Å². The zero-order chi connectivity index (χ0) is 21.3. The molecule has 1 aliphatic heterocycles. The molecule has 0 spiro atoms. The summed E-state index contributed by atoms with van der Waals surface area (Å²) in [7, 11) is -3.67. The van der Waals surface area contributed by atoms with Gasteiger partial charge in [0.05, 0.1) is 10.8 Å². The van der Waals surface area contributed by atoms with Gasteiger partial charge in [-0.2, -0.15) is 4.31 Å². The molecule has 1 N–H and O–H groups in total. The summed E-state index contributed by atoms with van der Waals surface area (Å²) in [6.07, 6.45) is 1.30. The predicted octanol–water partition coefficient (Wildman–Crippen LogP) is 4.84. The lowest BCUT2D eigenvalue weighted by Crippen LogP contribution is -2.43. The van der Waals surface area contributed by atoms with Crippen molar-refractivity contribution in [2.75, 3.05) is 18.4 Å². The van der Waals surface area contributed by atoms with Crippen molar-refractivity contribution in [2.45, 2.75) is 24.7 Å². The average Bonchev–Trinajstić information content (AvgIpc) is 2.75. The minimum Gasteiger partial charge on any atom is -0.326 e. The predicted molar refractivity (Wildman–Crippen MR) is 120 cm³/mol. The van der Waals surface area contributed by atoms with Gasteiger partial charge in [0.2, 0.25) is 15.9 Å². The van der Waals surface area contributed by atoms with Crippen molar-refractivity contribution < 1.29 is 13.2 Å². The highest BCUT2D eigenvalue weighted by Gasteiger charge is 2.33. The Bertz CT molecular complexity index is 1210. The van der Waals surface area contributed by atoms with E-state index in [1.165, 1.54) is 4.31 Å². The number of rotatable bonds is 4. The Hall–Kier alpha value is -2.41. The Kier molecular flexibility index (Phi) is 5.82. The number of halogens is 1. The number of benzene rings is 3. The Morgan fingerprint density at radius 2 is 1.83 bits per heavy atom. The summed E-state index contributed by atoms with van der Waals surface area (Å²) < 4.78 is 27.9. The van der Waals surface area contributed by atoms with Crippen LogP contribution >= 0.6 is 11.6 Å².